The molecule has 1 aromatic rings. The number of nitrogens with zero attached hydrogens (tertiary/aromatic N) is 2. The summed E-state index contributed by atoms with van der Waals surface area (Å²) in [6, 6.07) is 8.47. The number of fused-ring (bicyclic) bond motifs is 2. The number of piperidine rings is 1. The Labute approximate surface area is 138 Å². The Kier molecular flexibility index (Phi) is 3.90. The highest BCUT2D eigenvalue weighted by atomic mass is 16.5. The molecule has 0 saturated carbocycles. The Hall–Kier alpha value is -1.39. The van der Waals surface area contributed by atoms with Gasteiger partial charge in [0.25, 0.3) is 0 Å². The van der Waals surface area contributed by atoms with Crippen molar-refractivity contribution in [3.63, 3.8) is 0 Å². The van der Waals surface area contributed by atoms with Crippen LogP contribution in [0.2, 0.25) is 0 Å². The molecule has 124 valence electrons. The van der Waals surface area contributed by atoms with Crippen molar-refractivity contribution >= 4 is 5.91 Å². The fourth-order valence-corrected chi connectivity index (χ4v) is 4.36. The molecule has 0 N–H and O–H groups in total. The van der Waals surface area contributed by atoms with Crippen molar-refractivity contribution in [2.45, 2.75) is 37.9 Å². The lowest BCUT2D eigenvalue weighted by Gasteiger charge is -2.30. The molecule has 4 rings (SSSR count). The van der Waals surface area contributed by atoms with Gasteiger partial charge in [0.1, 0.15) is 5.60 Å². The molecule has 3 aliphatic rings. The Morgan fingerprint density at radius 3 is 2.87 bits per heavy atom. The number of carbonyl (C=O) groups is 1. The molecular formula is C19H26N2O2. The smallest absolute Gasteiger partial charge is 0.222 e. The zero-order valence-corrected chi connectivity index (χ0v) is 14.0. The van der Waals surface area contributed by atoms with Gasteiger partial charge >= 0.3 is 0 Å². The molecule has 1 atom stereocenters. The molecule has 3 aliphatic heterocycles. The molecule has 1 spiro atoms. The van der Waals surface area contributed by atoms with Crippen LogP contribution < -0.4 is 0 Å². The molecule has 0 radical (unpaired) electrons. The van der Waals surface area contributed by atoms with Crippen LogP contribution in [0.25, 0.3) is 0 Å². The first-order valence-electron chi connectivity index (χ1n) is 8.85. The number of likely N-dealkylation sites (tertiary alicyclic amines) is 2. The van der Waals surface area contributed by atoms with E-state index in [-0.39, 0.29) is 5.60 Å². The van der Waals surface area contributed by atoms with E-state index in [2.05, 4.69) is 36.2 Å². The average Bonchev–Trinajstić information content (AvgIpc) is 3.16. The van der Waals surface area contributed by atoms with Crippen LogP contribution in [0, 0.1) is 5.92 Å². The maximum absolute atomic E-state index is 12.7. The Balaban J connectivity index is 1.40. The highest BCUT2D eigenvalue weighted by Gasteiger charge is 2.46. The zero-order valence-electron chi connectivity index (χ0n) is 14.0. The molecule has 0 bridgehead atoms. The lowest BCUT2D eigenvalue weighted by atomic mass is 9.91. The van der Waals surface area contributed by atoms with Gasteiger partial charge in [-0.25, -0.2) is 0 Å². The fraction of sp³-hybridized carbons (Fsp3) is 0.632. The summed E-state index contributed by atoms with van der Waals surface area (Å²) in [6.45, 7) is 4.50. The van der Waals surface area contributed by atoms with Crippen molar-refractivity contribution < 1.29 is 9.53 Å². The van der Waals surface area contributed by atoms with E-state index in [0.717, 1.165) is 45.4 Å². The third kappa shape index (κ3) is 2.79. The Bertz CT molecular complexity index is 595. The Morgan fingerprint density at radius 2 is 2.04 bits per heavy atom. The van der Waals surface area contributed by atoms with Gasteiger partial charge in [0.05, 0.1) is 13.2 Å². The fourth-order valence-electron chi connectivity index (χ4n) is 4.36. The molecule has 3 heterocycles. The molecule has 4 heteroatoms. The highest BCUT2D eigenvalue weighted by molar-refractivity contribution is 5.77. The van der Waals surface area contributed by atoms with E-state index >= 15 is 0 Å². The highest BCUT2D eigenvalue weighted by Crippen LogP contribution is 2.43. The Morgan fingerprint density at radius 1 is 1.26 bits per heavy atom. The van der Waals surface area contributed by atoms with Crippen LogP contribution in [-0.2, 0) is 21.7 Å². The predicted octanol–water partition coefficient (Wildman–Crippen LogP) is 2.38. The van der Waals surface area contributed by atoms with Crippen LogP contribution >= 0.6 is 0 Å². The normalized spacial score (nSPS) is 28.5. The molecule has 1 aromatic carbocycles. The number of ether oxygens (including phenoxy) is 1. The largest absolute Gasteiger partial charge is 0.364 e. The van der Waals surface area contributed by atoms with Gasteiger partial charge in [-0.05, 0) is 56.4 Å². The topological polar surface area (TPSA) is 32.8 Å². The first-order chi connectivity index (χ1) is 11.2. The molecular weight excluding hydrogens is 288 g/mol. The first-order valence-corrected chi connectivity index (χ1v) is 8.85. The monoisotopic (exact) mass is 314 g/mol. The predicted molar refractivity (Wildman–Crippen MR) is 88.9 cm³/mol. The number of carbonyl (C=O) groups excluding carboxylic acids is 1. The summed E-state index contributed by atoms with van der Waals surface area (Å²) in [7, 11) is 2.16. The third-order valence-electron chi connectivity index (χ3n) is 5.90. The van der Waals surface area contributed by atoms with E-state index < -0.39 is 0 Å². The van der Waals surface area contributed by atoms with Crippen molar-refractivity contribution in [2.75, 3.05) is 33.2 Å². The van der Waals surface area contributed by atoms with Crippen molar-refractivity contribution in [3.8, 4) is 0 Å². The van der Waals surface area contributed by atoms with Crippen molar-refractivity contribution in [3.05, 3.63) is 35.4 Å². The summed E-state index contributed by atoms with van der Waals surface area (Å²) < 4.78 is 6.16. The van der Waals surface area contributed by atoms with E-state index in [1.54, 1.807) is 0 Å². The second-order valence-electron chi connectivity index (χ2n) is 7.46. The standard InChI is InChI=1S/C19H26N2O2/c1-20-9-6-15(7-10-20)12-18(22)21-11-8-19(14-21)17-5-3-2-4-16(17)13-23-19/h2-5,15H,6-14H2,1H3. The minimum Gasteiger partial charge on any atom is -0.364 e. The van der Waals surface area contributed by atoms with Crippen LogP contribution in [0.15, 0.2) is 24.3 Å². The van der Waals surface area contributed by atoms with Gasteiger partial charge in [-0.15, -0.1) is 0 Å². The van der Waals surface area contributed by atoms with Gasteiger partial charge in [-0.3, -0.25) is 4.79 Å². The number of hydrogen-bond donors (Lipinski definition) is 0. The summed E-state index contributed by atoms with van der Waals surface area (Å²) in [5.41, 5.74) is 2.35. The van der Waals surface area contributed by atoms with Crippen molar-refractivity contribution in [1.82, 2.24) is 9.80 Å². The van der Waals surface area contributed by atoms with Crippen molar-refractivity contribution in [1.29, 1.82) is 0 Å². The molecule has 23 heavy (non-hydrogen) atoms. The van der Waals surface area contributed by atoms with E-state index in [1.807, 2.05) is 4.90 Å². The van der Waals surface area contributed by atoms with Crippen LogP contribution in [0.3, 0.4) is 0 Å². The summed E-state index contributed by atoms with van der Waals surface area (Å²) in [5, 5.41) is 0. The molecule has 0 aliphatic carbocycles. The van der Waals surface area contributed by atoms with E-state index in [0.29, 0.717) is 24.9 Å². The number of amides is 1. The van der Waals surface area contributed by atoms with Gasteiger partial charge in [0, 0.05) is 13.0 Å². The first kappa shape index (κ1) is 15.2. The van der Waals surface area contributed by atoms with Crippen molar-refractivity contribution in [2.24, 2.45) is 5.92 Å². The van der Waals surface area contributed by atoms with Crippen LogP contribution in [0.1, 0.15) is 36.8 Å². The lowest BCUT2D eigenvalue weighted by Crippen LogP contribution is -2.37. The molecule has 0 aromatic heterocycles. The van der Waals surface area contributed by atoms with Gasteiger partial charge in [-0.2, -0.15) is 0 Å². The van der Waals surface area contributed by atoms with Gasteiger partial charge in [-0.1, -0.05) is 24.3 Å². The van der Waals surface area contributed by atoms with Crippen LogP contribution in [0.4, 0.5) is 0 Å². The van der Waals surface area contributed by atoms with Gasteiger partial charge < -0.3 is 14.5 Å². The second-order valence-corrected chi connectivity index (χ2v) is 7.46. The molecule has 2 saturated heterocycles. The lowest BCUT2D eigenvalue weighted by molar-refractivity contribution is -0.133. The maximum Gasteiger partial charge on any atom is 0.222 e. The van der Waals surface area contributed by atoms with Gasteiger partial charge in [0.2, 0.25) is 5.91 Å². The van der Waals surface area contributed by atoms with E-state index in [9.17, 15) is 4.79 Å². The average molecular weight is 314 g/mol. The summed E-state index contributed by atoms with van der Waals surface area (Å²) in [5.74, 6) is 0.886. The number of hydrogen-bond acceptors (Lipinski definition) is 3. The SMILES string of the molecule is CN1CCC(CC(=O)N2CCC3(C2)OCc2ccccc23)CC1. The summed E-state index contributed by atoms with van der Waals surface area (Å²) in [4.78, 5) is 17.1. The van der Waals surface area contributed by atoms with Gasteiger partial charge in [0.15, 0.2) is 0 Å². The molecule has 2 fully saturated rings. The summed E-state index contributed by atoms with van der Waals surface area (Å²) in [6.07, 6.45) is 3.95. The molecule has 1 unspecified atom stereocenters. The maximum atomic E-state index is 12.7. The van der Waals surface area contributed by atoms with E-state index in [4.69, 9.17) is 4.74 Å². The second kappa shape index (κ2) is 5.91. The molecule has 1 amide bonds. The van der Waals surface area contributed by atoms with E-state index in [1.165, 1.54) is 11.1 Å². The quantitative estimate of drug-likeness (QED) is 0.840. The minimum atomic E-state index is -0.237. The zero-order chi connectivity index (χ0) is 15.9. The van der Waals surface area contributed by atoms with Crippen LogP contribution in [-0.4, -0.2) is 48.9 Å². The summed E-state index contributed by atoms with van der Waals surface area (Å²) >= 11 is 0. The third-order valence-corrected chi connectivity index (χ3v) is 5.90. The van der Waals surface area contributed by atoms with Crippen LogP contribution in [0.5, 0.6) is 0 Å². The molecule has 4 nitrogen and oxygen atoms in total. The number of benzene rings is 1. The minimum absolute atomic E-state index is 0.237. The number of rotatable bonds is 2.